The Hall–Kier alpha value is -4.87. The standard InChI is InChI=1S/C33H22O2/c34-24-28-19-15-26(16-20-28)12-11-25-13-17-27(18-14-25)21-29-22-32(30-7-3-1-4-8-30)35-33(23-29)31-9-5-2-6-10-31/h1-10,13-24H. The van der Waals surface area contributed by atoms with Crippen LogP contribution < -0.4 is 0 Å². The molecule has 1 aliphatic rings. The number of hydrogen-bond acceptors (Lipinski definition) is 2. The van der Waals surface area contributed by atoms with Crippen molar-refractivity contribution in [1.29, 1.82) is 0 Å². The van der Waals surface area contributed by atoms with Gasteiger partial charge >= 0.3 is 0 Å². The van der Waals surface area contributed by atoms with Crippen molar-refractivity contribution < 1.29 is 9.53 Å². The fourth-order valence-corrected chi connectivity index (χ4v) is 3.74. The van der Waals surface area contributed by atoms with Crippen molar-refractivity contribution >= 4 is 23.9 Å². The van der Waals surface area contributed by atoms with E-state index in [2.05, 4.69) is 66.5 Å². The van der Waals surface area contributed by atoms with Gasteiger partial charge in [0.2, 0.25) is 0 Å². The van der Waals surface area contributed by atoms with Crippen LogP contribution in [0.15, 0.2) is 127 Å². The maximum atomic E-state index is 10.8. The lowest BCUT2D eigenvalue weighted by molar-refractivity contribution is 0.112. The van der Waals surface area contributed by atoms with Gasteiger partial charge in [-0.1, -0.05) is 96.8 Å². The molecule has 1 heterocycles. The molecule has 0 unspecified atom stereocenters. The zero-order valence-electron chi connectivity index (χ0n) is 19.0. The van der Waals surface area contributed by atoms with Crippen LogP contribution in [0.2, 0.25) is 0 Å². The van der Waals surface area contributed by atoms with E-state index >= 15 is 0 Å². The van der Waals surface area contributed by atoms with Crippen molar-refractivity contribution in [2.45, 2.75) is 0 Å². The average molecular weight is 451 g/mol. The molecule has 2 nitrogen and oxygen atoms in total. The third-order valence-electron chi connectivity index (χ3n) is 5.57. The molecule has 0 aromatic heterocycles. The van der Waals surface area contributed by atoms with Gasteiger partial charge in [0.15, 0.2) is 0 Å². The van der Waals surface area contributed by atoms with Crippen LogP contribution in [0.5, 0.6) is 0 Å². The van der Waals surface area contributed by atoms with E-state index in [1.165, 1.54) is 0 Å². The minimum atomic E-state index is 0.648. The lowest BCUT2D eigenvalue weighted by atomic mass is 10.0. The average Bonchev–Trinajstić information content (AvgIpc) is 2.94. The Bertz CT molecular complexity index is 1420. The summed E-state index contributed by atoms with van der Waals surface area (Å²) in [7, 11) is 0. The van der Waals surface area contributed by atoms with Gasteiger partial charge in [-0.15, -0.1) is 0 Å². The lowest BCUT2D eigenvalue weighted by Crippen LogP contribution is -1.99. The van der Waals surface area contributed by atoms with Gasteiger partial charge in [-0.25, -0.2) is 0 Å². The maximum absolute atomic E-state index is 10.8. The second-order valence-electron chi connectivity index (χ2n) is 8.11. The number of ether oxygens (including phenoxy) is 1. The number of hydrogen-bond donors (Lipinski definition) is 0. The van der Waals surface area contributed by atoms with Crippen LogP contribution in [0.4, 0.5) is 0 Å². The van der Waals surface area contributed by atoms with E-state index in [4.69, 9.17) is 4.74 Å². The van der Waals surface area contributed by atoms with Crippen LogP contribution in [-0.2, 0) is 4.74 Å². The number of benzene rings is 4. The summed E-state index contributed by atoms with van der Waals surface area (Å²) in [4.78, 5) is 10.8. The van der Waals surface area contributed by atoms with Gasteiger partial charge in [-0.3, -0.25) is 4.79 Å². The quantitative estimate of drug-likeness (QED) is 0.239. The van der Waals surface area contributed by atoms with Crippen molar-refractivity contribution in [2.75, 3.05) is 0 Å². The van der Waals surface area contributed by atoms with E-state index in [1.54, 1.807) is 12.1 Å². The highest BCUT2D eigenvalue weighted by molar-refractivity contribution is 5.80. The van der Waals surface area contributed by atoms with Gasteiger partial charge in [0.25, 0.3) is 0 Å². The first kappa shape index (κ1) is 21.9. The number of aldehydes is 1. The fourth-order valence-electron chi connectivity index (χ4n) is 3.74. The first-order chi connectivity index (χ1) is 17.3. The van der Waals surface area contributed by atoms with Crippen LogP contribution in [-0.4, -0.2) is 6.29 Å². The molecule has 35 heavy (non-hydrogen) atoms. The van der Waals surface area contributed by atoms with E-state index in [9.17, 15) is 4.79 Å². The van der Waals surface area contributed by atoms with Gasteiger partial charge in [-0.05, 0) is 53.6 Å². The zero-order valence-corrected chi connectivity index (χ0v) is 19.0. The van der Waals surface area contributed by atoms with Crippen LogP contribution in [0, 0.1) is 11.8 Å². The van der Waals surface area contributed by atoms with Gasteiger partial charge in [0.1, 0.15) is 17.8 Å². The fraction of sp³-hybridized carbons (Fsp3) is 0. The molecule has 0 saturated carbocycles. The highest BCUT2D eigenvalue weighted by atomic mass is 16.5. The Morgan fingerprint density at radius 2 is 1.00 bits per heavy atom. The van der Waals surface area contributed by atoms with Gasteiger partial charge < -0.3 is 4.74 Å². The monoisotopic (exact) mass is 450 g/mol. The first-order valence-corrected chi connectivity index (χ1v) is 11.4. The summed E-state index contributed by atoms with van der Waals surface area (Å²) < 4.78 is 6.28. The Balaban J connectivity index is 1.42. The Kier molecular flexibility index (Phi) is 6.51. The third-order valence-corrected chi connectivity index (χ3v) is 5.57. The lowest BCUT2D eigenvalue weighted by Gasteiger charge is -2.19. The smallest absolute Gasteiger partial charge is 0.150 e. The van der Waals surface area contributed by atoms with Crippen molar-refractivity contribution in [2.24, 2.45) is 0 Å². The highest BCUT2D eigenvalue weighted by Crippen LogP contribution is 2.32. The van der Waals surface area contributed by atoms with Crippen molar-refractivity contribution in [3.63, 3.8) is 0 Å². The van der Waals surface area contributed by atoms with Crippen LogP contribution in [0.3, 0.4) is 0 Å². The zero-order chi connectivity index (χ0) is 23.9. The maximum Gasteiger partial charge on any atom is 0.150 e. The second kappa shape index (κ2) is 10.4. The van der Waals surface area contributed by atoms with E-state index in [-0.39, 0.29) is 0 Å². The normalized spacial score (nSPS) is 12.4. The summed E-state index contributed by atoms with van der Waals surface area (Å²) in [5.41, 5.74) is 6.66. The molecule has 2 heteroatoms. The van der Waals surface area contributed by atoms with E-state index in [1.807, 2.05) is 60.7 Å². The van der Waals surface area contributed by atoms with E-state index < -0.39 is 0 Å². The summed E-state index contributed by atoms with van der Waals surface area (Å²) in [6.07, 6.45) is 7.11. The summed E-state index contributed by atoms with van der Waals surface area (Å²) in [5, 5.41) is 0. The van der Waals surface area contributed by atoms with Crippen molar-refractivity contribution in [3.8, 4) is 11.8 Å². The first-order valence-electron chi connectivity index (χ1n) is 11.4. The molecular weight excluding hydrogens is 428 g/mol. The summed E-state index contributed by atoms with van der Waals surface area (Å²) in [5.74, 6) is 7.97. The predicted octanol–water partition coefficient (Wildman–Crippen LogP) is 7.39. The minimum Gasteiger partial charge on any atom is -0.456 e. The molecule has 5 rings (SSSR count). The summed E-state index contributed by atoms with van der Waals surface area (Å²) in [6.45, 7) is 0. The van der Waals surface area contributed by atoms with Crippen LogP contribution in [0.25, 0.3) is 17.6 Å². The molecule has 0 fully saturated rings. The topological polar surface area (TPSA) is 26.3 Å². The number of allylic oxidation sites excluding steroid dienone is 3. The molecule has 0 aliphatic carbocycles. The molecule has 4 aromatic rings. The van der Waals surface area contributed by atoms with E-state index in [0.717, 1.165) is 51.2 Å². The van der Waals surface area contributed by atoms with Gasteiger partial charge in [-0.2, -0.15) is 0 Å². The van der Waals surface area contributed by atoms with Crippen LogP contribution >= 0.6 is 0 Å². The second-order valence-corrected chi connectivity index (χ2v) is 8.11. The molecule has 166 valence electrons. The Morgan fingerprint density at radius 3 is 1.46 bits per heavy atom. The van der Waals surface area contributed by atoms with Crippen molar-refractivity contribution in [1.82, 2.24) is 0 Å². The van der Waals surface area contributed by atoms with Crippen LogP contribution in [0.1, 0.15) is 38.2 Å². The molecule has 0 spiro atoms. The molecule has 0 amide bonds. The molecule has 1 aliphatic heterocycles. The third kappa shape index (κ3) is 5.55. The highest BCUT2D eigenvalue weighted by Gasteiger charge is 2.14. The van der Waals surface area contributed by atoms with Gasteiger partial charge in [0.05, 0.1) is 0 Å². The Morgan fingerprint density at radius 1 is 0.543 bits per heavy atom. The Labute approximate surface area is 205 Å². The summed E-state index contributed by atoms with van der Waals surface area (Å²) in [6, 6.07) is 35.7. The van der Waals surface area contributed by atoms with Gasteiger partial charge in [0, 0.05) is 27.8 Å². The molecule has 0 N–H and O–H groups in total. The predicted molar refractivity (Wildman–Crippen MR) is 142 cm³/mol. The number of carbonyl (C=O) groups is 1. The molecule has 0 radical (unpaired) electrons. The molecule has 0 atom stereocenters. The molecular formula is C33H22O2. The number of rotatable bonds is 4. The van der Waals surface area contributed by atoms with E-state index in [0.29, 0.717) is 5.56 Å². The molecule has 0 bridgehead atoms. The largest absolute Gasteiger partial charge is 0.456 e. The molecule has 4 aromatic carbocycles. The van der Waals surface area contributed by atoms with Crippen molar-refractivity contribution in [3.05, 3.63) is 160 Å². The summed E-state index contributed by atoms with van der Waals surface area (Å²) >= 11 is 0. The molecule has 0 saturated heterocycles. The SMILES string of the molecule is O=Cc1ccc(C#Cc2ccc(C=C3C=C(c4ccccc4)OC(c4ccccc4)=C3)cc2)cc1. The minimum absolute atomic E-state index is 0.648. The number of carbonyl (C=O) groups excluding carboxylic acids is 1.